The molecule has 110 valence electrons. The fourth-order valence-electron chi connectivity index (χ4n) is 2.85. The van der Waals surface area contributed by atoms with Crippen molar-refractivity contribution in [1.29, 1.82) is 0 Å². The van der Waals surface area contributed by atoms with E-state index in [0.29, 0.717) is 5.92 Å². The molecule has 1 aromatic carbocycles. The molecule has 0 aromatic heterocycles. The molecule has 1 aliphatic rings. The lowest BCUT2D eigenvalue weighted by atomic mass is 9.85. The molecule has 2 rings (SSSR count). The van der Waals surface area contributed by atoms with Gasteiger partial charge >= 0.3 is 6.09 Å². The lowest BCUT2D eigenvalue weighted by Crippen LogP contribution is -2.38. The van der Waals surface area contributed by atoms with Gasteiger partial charge in [-0.15, -0.1) is 0 Å². The Morgan fingerprint density at radius 3 is 2.45 bits per heavy atom. The number of rotatable bonds is 4. The molecular formula is C15H21IN2O2. The number of carboxylic acid groups (broad SMARTS) is 1. The predicted molar refractivity (Wildman–Crippen MR) is 89.3 cm³/mol. The van der Waals surface area contributed by atoms with Crippen molar-refractivity contribution in [3.8, 4) is 0 Å². The van der Waals surface area contributed by atoms with Crippen LogP contribution in [-0.2, 0) is 0 Å². The largest absolute Gasteiger partial charge is 0.465 e. The Kier molecular flexibility index (Phi) is 5.51. The third-order valence-corrected chi connectivity index (χ3v) is 4.69. The number of carbonyl (C=O) groups is 1. The van der Waals surface area contributed by atoms with E-state index in [1.165, 1.54) is 9.26 Å². The summed E-state index contributed by atoms with van der Waals surface area (Å²) in [5.74, 6) is 0.658. The van der Waals surface area contributed by atoms with Crippen molar-refractivity contribution in [2.75, 3.05) is 18.5 Å². The summed E-state index contributed by atoms with van der Waals surface area (Å²) in [6, 6.07) is 8.70. The summed E-state index contributed by atoms with van der Waals surface area (Å²) in [6.07, 6.45) is 3.21. The summed E-state index contributed by atoms with van der Waals surface area (Å²) >= 11 is 2.31. The number of benzene rings is 1. The minimum atomic E-state index is -0.899. The van der Waals surface area contributed by atoms with Crippen LogP contribution in [0.15, 0.2) is 24.3 Å². The molecule has 0 spiro atoms. The number of hydrogen-bond acceptors (Lipinski definition) is 2. The van der Waals surface area contributed by atoms with E-state index in [-0.39, 0.29) is 6.04 Å². The zero-order chi connectivity index (χ0) is 14.5. The average Bonchev–Trinajstić information content (AvgIpc) is 2.41. The third kappa shape index (κ3) is 4.54. The number of halogens is 1. The van der Waals surface area contributed by atoms with Gasteiger partial charge in [0.1, 0.15) is 0 Å². The molecule has 1 amide bonds. The quantitative estimate of drug-likeness (QED) is 0.776. The molecule has 5 heteroatoms. The van der Waals surface area contributed by atoms with E-state index < -0.39 is 6.09 Å². The van der Waals surface area contributed by atoms with Gasteiger partial charge in [-0.25, -0.2) is 4.79 Å². The van der Waals surface area contributed by atoms with Crippen molar-refractivity contribution in [3.05, 3.63) is 27.8 Å². The summed E-state index contributed by atoms with van der Waals surface area (Å²) in [5, 5.41) is 11.3. The zero-order valence-corrected chi connectivity index (χ0v) is 13.8. The lowest BCUT2D eigenvalue weighted by molar-refractivity contribution is 0.182. The summed E-state index contributed by atoms with van der Waals surface area (Å²) < 4.78 is 1.25. The van der Waals surface area contributed by atoms with Crippen molar-refractivity contribution in [3.63, 3.8) is 0 Å². The Morgan fingerprint density at radius 1 is 1.30 bits per heavy atom. The molecule has 1 aromatic rings. The van der Waals surface area contributed by atoms with Crippen LogP contribution < -0.4 is 10.2 Å². The van der Waals surface area contributed by atoms with Gasteiger partial charge in [-0.3, -0.25) is 0 Å². The second kappa shape index (κ2) is 7.15. The van der Waals surface area contributed by atoms with Crippen LogP contribution in [0.2, 0.25) is 0 Å². The first-order chi connectivity index (χ1) is 9.54. The minimum Gasteiger partial charge on any atom is -0.465 e. The Hall–Kier alpha value is -0.980. The van der Waals surface area contributed by atoms with Gasteiger partial charge in [0.05, 0.1) is 0 Å². The lowest BCUT2D eigenvalue weighted by Gasteiger charge is -2.32. The van der Waals surface area contributed by atoms with Gasteiger partial charge < -0.3 is 15.3 Å². The van der Waals surface area contributed by atoms with Crippen LogP contribution in [0.3, 0.4) is 0 Å². The number of nitrogens with zero attached hydrogens (tertiary/aromatic N) is 1. The molecule has 0 aliphatic heterocycles. The van der Waals surface area contributed by atoms with Gasteiger partial charge in [0.15, 0.2) is 0 Å². The van der Waals surface area contributed by atoms with Crippen molar-refractivity contribution in [2.45, 2.75) is 31.7 Å². The zero-order valence-electron chi connectivity index (χ0n) is 11.7. The van der Waals surface area contributed by atoms with Crippen molar-refractivity contribution >= 4 is 34.4 Å². The molecule has 0 radical (unpaired) electrons. The van der Waals surface area contributed by atoms with Gasteiger partial charge in [-0.1, -0.05) is 0 Å². The van der Waals surface area contributed by atoms with Crippen LogP contribution in [0.4, 0.5) is 10.5 Å². The van der Waals surface area contributed by atoms with Crippen molar-refractivity contribution in [2.24, 2.45) is 5.92 Å². The molecule has 0 bridgehead atoms. The monoisotopic (exact) mass is 388 g/mol. The molecule has 20 heavy (non-hydrogen) atoms. The highest BCUT2D eigenvalue weighted by molar-refractivity contribution is 14.1. The average molecular weight is 388 g/mol. The van der Waals surface area contributed by atoms with Crippen molar-refractivity contribution in [1.82, 2.24) is 5.32 Å². The third-order valence-electron chi connectivity index (χ3n) is 3.97. The molecular weight excluding hydrogens is 367 g/mol. The Bertz CT molecular complexity index is 442. The predicted octanol–water partition coefficient (Wildman–Crippen LogP) is 3.55. The number of hydrogen-bond donors (Lipinski definition) is 2. The number of amides is 1. The maximum atomic E-state index is 10.6. The van der Waals surface area contributed by atoms with Gasteiger partial charge in [0.2, 0.25) is 0 Å². The SMILES string of the molecule is CN(CC1CCC(NC(=O)O)CC1)c1ccc(I)cc1. The molecule has 1 fully saturated rings. The van der Waals surface area contributed by atoms with E-state index in [0.717, 1.165) is 32.2 Å². The van der Waals surface area contributed by atoms with Crippen molar-refractivity contribution < 1.29 is 9.90 Å². The van der Waals surface area contributed by atoms with E-state index in [1.54, 1.807) is 0 Å². The molecule has 0 heterocycles. The van der Waals surface area contributed by atoms with Gasteiger partial charge in [0, 0.05) is 28.9 Å². The summed E-state index contributed by atoms with van der Waals surface area (Å²) in [4.78, 5) is 12.9. The van der Waals surface area contributed by atoms with Gasteiger partial charge in [0.25, 0.3) is 0 Å². The Labute approximate surface area is 133 Å². The highest BCUT2D eigenvalue weighted by Crippen LogP contribution is 2.26. The first-order valence-corrected chi connectivity index (χ1v) is 8.08. The topological polar surface area (TPSA) is 52.6 Å². The maximum absolute atomic E-state index is 10.6. The molecule has 1 aliphatic carbocycles. The highest BCUT2D eigenvalue weighted by Gasteiger charge is 2.23. The van der Waals surface area contributed by atoms with E-state index in [2.05, 4.69) is 64.1 Å². The standard InChI is InChI=1S/C15H21IN2O2/c1-18(14-8-4-12(16)5-9-14)10-11-2-6-13(7-3-11)17-15(19)20/h4-5,8-9,11,13,17H,2-3,6-7,10H2,1H3,(H,19,20). The van der Waals surface area contributed by atoms with Crippen LogP contribution in [0, 0.1) is 9.49 Å². The molecule has 2 N–H and O–H groups in total. The van der Waals surface area contributed by atoms with Gasteiger partial charge in [-0.05, 0) is 78.5 Å². The molecule has 0 saturated heterocycles. The first kappa shape index (κ1) is 15.4. The molecule has 0 atom stereocenters. The Morgan fingerprint density at radius 2 is 1.90 bits per heavy atom. The second-order valence-corrected chi connectivity index (χ2v) is 6.77. The van der Waals surface area contributed by atoms with E-state index >= 15 is 0 Å². The Balaban J connectivity index is 1.80. The van der Waals surface area contributed by atoms with Crippen LogP contribution >= 0.6 is 22.6 Å². The van der Waals surface area contributed by atoms with E-state index in [4.69, 9.17) is 5.11 Å². The van der Waals surface area contributed by atoms with E-state index in [1.807, 2.05) is 0 Å². The fourth-order valence-corrected chi connectivity index (χ4v) is 3.21. The van der Waals surface area contributed by atoms with E-state index in [9.17, 15) is 4.79 Å². The van der Waals surface area contributed by atoms with Crippen LogP contribution in [-0.4, -0.2) is 30.8 Å². The molecule has 0 unspecified atom stereocenters. The number of anilines is 1. The fraction of sp³-hybridized carbons (Fsp3) is 0.533. The second-order valence-electron chi connectivity index (χ2n) is 5.52. The summed E-state index contributed by atoms with van der Waals surface area (Å²) in [7, 11) is 2.13. The van der Waals surface area contributed by atoms with Crippen LogP contribution in [0.25, 0.3) is 0 Å². The smallest absolute Gasteiger partial charge is 0.404 e. The molecule has 4 nitrogen and oxygen atoms in total. The van der Waals surface area contributed by atoms with Crippen LogP contribution in [0.1, 0.15) is 25.7 Å². The first-order valence-electron chi connectivity index (χ1n) is 7.01. The highest BCUT2D eigenvalue weighted by atomic mass is 127. The minimum absolute atomic E-state index is 0.146. The van der Waals surface area contributed by atoms with Gasteiger partial charge in [-0.2, -0.15) is 0 Å². The number of nitrogens with one attached hydrogen (secondary N) is 1. The maximum Gasteiger partial charge on any atom is 0.404 e. The summed E-state index contributed by atoms with van der Waals surface area (Å²) in [6.45, 7) is 1.04. The summed E-state index contributed by atoms with van der Waals surface area (Å²) in [5.41, 5.74) is 1.25. The molecule has 1 saturated carbocycles. The van der Waals surface area contributed by atoms with Crippen LogP contribution in [0.5, 0.6) is 0 Å². The normalized spacial score (nSPS) is 22.3.